The highest BCUT2D eigenvalue weighted by atomic mass is 32.2. The van der Waals surface area contributed by atoms with Crippen molar-refractivity contribution in [2.24, 2.45) is 5.10 Å². The van der Waals surface area contributed by atoms with Crippen molar-refractivity contribution in [1.29, 1.82) is 0 Å². The number of aryl methyl sites for hydroxylation is 2. The second-order valence-electron chi connectivity index (χ2n) is 6.48. The van der Waals surface area contributed by atoms with Crippen molar-refractivity contribution in [3.8, 4) is 0 Å². The summed E-state index contributed by atoms with van der Waals surface area (Å²) in [4.78, 5) is 19.0. The normalized spacial score (nSPS) is 16.7. The van der Waals surface area contributed by atoms with E-state index >= 15 is 0 Å². The molecule has 1 aromatic heterocycles. The number of aromatic nitrogens is 1. The van der Waals surface area contributed by atoms with Gasteiger partial charge in [-0.05, 0) is 43.2 Å². The van der Waals surface area contributed by atoms with E-state index in [1.165, 1.54) is 22.3 Å². The lowest BCUT2D eigenvalue weighted by molar-refractivity contribution is -0.111. The molecule has 29 heavy (non-hydrogen) atoms. The van der Waals surface area contributed by atoms with Crippen LogP contribution in [0.3, 0.4) is 0 Å². The Balaban J connectivity index is 1.85. The fourth-order valence-corrected chi connectivity index (χ4v) is 5.12. The van der Waals surface area contributed by atoms with Crippen molar-refractivity contribution in [2.75, 3.05) is 10.3 Å². The molecule has 1 aliphatic heterocycles. The number of benzene rings is 2. The first-order chi connectivity index (χ1) is 13.9. The third-order valence-electron chi connectivity index (χ3n) is 4.47. The van der Waals surface area contributed by atoms with Gasteiger partial charge in [0.15, 0.2) is 0 Å². The molecule has 0 fully saturated rings. The number of nitrogens with zero attached hydrogens (tertiary/aromatic N) is 3. The van der Waals surface area contributed by atoms with E-state index < -0.39 is 20.8 Å². The molecule has 2 heterocycles. The predicted octanol–water partition coefficient (Wildman–Crippen LogP) is 3.89. The molecule has 0 bridgehead atoms. The maximum Gasteiger partial charge on any atom is 0.295 e. The van der Waals surface area contributed by atoms with Crippen LogP contribution in [0.2, 0.25) is 0 Å². The molecule has 0 saturated heterocycles. The SMILES string of the molecule is CCc1csc(NN=C2C(=O)N(c3ccccc3)c3cc(C)ccc3S2(=O)=O)n1. The Bertz CT molecular complexity index is 1220. The van der Waals surface area contributed by atoms with Crippen LogP contribution in [0.4, 0.5) is 16.5 Å². The quantitative estimate of drug-likeness (QED) is 0.639. The summed E-state index contributed by atoms with van der Waals surface area (Å²) in [6.07, 6.45) is 0.750. The van der Waals surface area contributed by atoms with Crippen LogP contribution in [0.1, 0.15) is 18.2 Å². The smallest absolute Gasteiger partial charge is 0.274 e. The zero-order valence-electron chi connectivity index (χ0n) is 15.8. The highest BCUT2D eigenvalue weighted by molar-refractivity contribution is 8.08. The van der Waals surface area contributed by atoms with Crippen LogP contribution in [0, 0.1) is 6.92 Å². The van der Waals surface area contributed by atoms with Crippen LogP contribution in [-0.2, 0) is 21.1 Å². The van der Waals surface area contributed by atoms with E-state index in [-0.39, 0.29) is 4.90 Å². The molecule has 0 atom stereocenters. The fraction of sp³-hybridized carbons (Fsp3) is 0.150. The zero-order chi connectivity index (χ0) is 20.6. The molecule has 1 aliphatic rings. The second-order valence-corrected chi connectivity index (χ2v) is 9.17. The minimum absolute atomic E-state index is 0.0421. The van der Waals surface area contributed by atoms with E-state index in [1.54, 1.807) is 36.4 Å². The summed E-state index contributed by atoms with van der Waals surface area (Å²) in [6, 6.07) is 13.8. The van der Waals surface area contributed by atoms with Crippen molar-refractivity contribution in [3.05, 3.63) is 65.2 Å². The van der Waals surface area contributed by atoms with Gasteiger partial charge in [-0.2, -0.15) is 5.10 Å². The number of carbonyl (C=O) groups is 1. The molecule has 9 heteroatoms. The van der Waals surface area contributed by atoms with E-state index in [0.29, 0.717) is 16.5 Å². The van der Waals surface area contributed by atoms with Gasteiger partial charge in [0.1, 0.15) is 0 Å². The molecule has 3 aromatic rings. The predicted molar refractivity (Wildman–Crippen MR) is 115 cm³/mol. The van der Waals surface area contributed by atoms with Gasteiger partial charge in [-0.25, -0.2) is 13.4 Å². The minimum Gasteiger partial charge on any atom is -0.274 e. The fourth-order valence-electron chi connectivity index (χ4n) is 3.01. The summed E-state index contributed by atoms with van der Waals surface area (Å²) in [5, 5.41) is 5.69. The number of carbonyl (C=O) groups excluding carboxylic acids is 1. The molecule has 7 nitrogen and oxygen atoms in total. The Labute approximate surface area is 172 Å². The third kappa shape index (κ3) is 3.43. The van der Waals surface area contributed by atoms with Gasteiger partial charge in [0.05, 0.1) is 16.3 Å². The van der Waals surface area contributed by atoms with Gasteiger partial charge in [0, 0.05) is 11.1 Å². The largest absolute Gasteiger partial charge is 0.295 e. The Morgan fingerprint density at radius 2 is 1.93 bits per heavy atom. The molecule has 2 aromatic carbocycles. The van der Waals surface area contributed by atoms with Crippen LogP contribution < -0.4 is 10.3 Å². The van der Waals surface area contributed by atoms with Crippen molar-refractivity contribution >= 4 is 48.6 Å². The first-order valence-electron chi connectivity index (χ1n) is 8.95. The highest BCUT2D eigenvalue weighted by Gasteiger charge is 2.42. The lowest BCUT2D eigenvalue weighted by Crippen LogP contribution is -2.42. The second kappa shape index (κ2) is 7.41. The van der Waals surface area contributed by atoms with Crippen molar-refractivity contribution in [3.63, 3.8) is 0 Å². The summed E-state index contributed by atoms with van der Waals surface area (Å²) in [5.74, 6) is -0.714. The molecule has 0 spiro atoms. The average molecular weight is 427 g/mol. The Kier molecular flexibility index (Phi) is 4.93. The molecule has 0 unspecified atom stereocenters. The van der Waals surface area contributed by atoms with Gasteiger partial charge in [-0.1, -0.05) is 31.2 Å². The van der Waals surface area contributed by atoms with Crippen molar-refractivity contribution in [2.45, 2.75) is 25.2 Å². The highest BCUT2D eigenvalue weighted by Crippen LogP contribution is 2.38. The molecule has 1 N–H and O–H groups in total. The van der Waals surface area contributed by atoms with E-state index in [9.17, 15) is 13.2 Å². The maximum absolute atomic E-state index is 13.3. The summed E-state index contributed by atoms with van der Waals surface area (Å²) < 4.78 is 26.3. The number of sulfone groups is 1. The first kappa shape index (κ1) is 19.3. The van der Waals surface area contributed by atoms with E-state index in [4.69, 9.17) is 0 Å². The van der Waals surface area contributed by atoms with Crippen LogP contribution in [0.5, 0.6) is 0 Å². The van der Waals surface area contributed by atoms with Crippen LogP contribution in [0.25, 0.3) is 0 Å². The molecule has 0 aliphatic carbocycles. The molecule has 0 radical (unpaired) electrons. The zero-order valence-corrected chi connectivity index (χ0v) is 17.4. The maximum atomic E-state index is 13.3. The number of rotatable bonds is 4. The lowest BCUT2D eigenvalue weighted by Gasteiger charge is -2.30. The topological polar surface area (TPSA) is 91.7 Å². The first-order valence-corrected chi connectivity index (χ1v) is 11.3. The molecule has 0 saturated carbocycles. The number of nitrogens with one attached hydrogen (secondary N) is 1. The van der Waals surface area contributed by atoms with E-state index in [2.05, 4.69) is 15.5 Å². The number of hydrazone groups is 1. The van der Waals surface area contributed by atoms with Gasteiger partial charge < -0.3 is 0 Å². The monoisotopic (exact) mass is 426 g/mol. The number of hydrogen-bond donors (Lipinski definition) is 1. The molecular formula is C20H18N4O3S2. The van der Waals surface area contributed by atoms with Gasteiger partial charge in [-0.3, -0.25) is 15.1 Å². The van der Waals surface area contributed by atoms with Crippen LogP contribution in [0.15, 0.2) is 63.9 Å². The summed E-state index contributed by atoms with van der Waals surface area (Å²) >= 11 is 1.30. The summed E-state index contributed by atoms with van der Waals surface area (Å²) in [7, 11) is -4.09. The van der Waals surface area contributed by atoms with E-state index in [0.717, 1.165) is 17.7 Å². The van der Waals surface area contributed by atoms with Crippen LogP contribution in [-0.4, -0.2) is 24.4 Å². The molecular weight excluding hydrogens is 408 g/mol. The number of amides is 1. The molecule has 148 valence electrons. The van der Waals surface area contributed by atoms with Gasteiger partial charge >= 0.3 is 0 Å². The number of anilines is 3. The summed E-state index contributed by atoms with van der Waals surface area (Å²) in [5.41, 5.74) is 5.24. The van der Waals surface area contributed by atoms with Crippen LogP contribution >= 0.6 is 11.3 Å². The van der Waals surface area contributed by atoms with E-state index in [1.807, 2.05) is 25.3 Å². The standard InChI is InChI=1S/C20H18N4O3S2/c1-3-14-12-28-20(21-14)23-22-18-19(25)24(15-7-5-4-6-8-15)16-11-13(2)9-10-17(16)29(18,26)27/h4-12H,3H2,1-2H3,(H,21,23). The average Bonchev–Trinajstić information content (AvgIpc) is 3.16. The Hall–Kier alpha value is -3.04. The number of thiazole rings is 1. The lowest BCUT2D eigenvalue weighted by atomic mass is 10.1. The Morgan fingerprint density at radius 1 is 1.17 bits per heavy atom. The van der Waals surface area contributed by atoms with Gasteiger partial charge in [0.25, 0.3) is 5.91 Å². The number of hydrogen-bond acceptors (Lipinski definition) is 7. The van der Waals surface area contributed by atoms with Gasteiger partial charge in [0.2, 0.25) is 20.0 Å². The van der Waals surface area contributed by atoms with Gasteiger partial charge in [-0.15, -0.1) is 11.3 Å². The third-order valence-corrected chi connectivity index (χ3v) is 6.96. The minimum atomic E-state index is -4.09. The Morgan fingerprint density at radius 3 is 2.62 bits per heavy atom. The molecule has 4 rings (SSSR count). The molecule has 1 amide bonds. The van der Waals surface area contributed by atoms with Crippen molar-refractivity contribution < 1.29 is 13.2 Å². The number of para-hydroxylation sites is 1. The summed E-state index contributed by atoms with van der Waals surface area (Å²) in [6.45, 7) is 3.82. The van der Waals surface area contributed by atoms with Crippen molar-refractivity contribution in [1.82, 2.24) is 4.98 Å². The number of fused-ring (bicyclic) bond motifs is 1.